The number of pyridine rings is 1. The summed E-state index contributed by atoms with van der Waals surface area (Å²) >= 11 is 0. The van der Waals surface area contributed by atoms with Gasteiger partial charge in [0.2, 0.25) is 0 Å². The number of anilines is 1. The fraction of sp³-hybridized carbons (Fsp3) is 0.391. The van der Waals surface area contributed by atoms with Gasteiger partial charge in [-0.3, -0.25) is 20.5 Å². The van der Waals surface area contributed by atoms with Gasteiger partial charge >= 0.3 is 0 Å². The molecule has 0 radical (unpaired) electrons. The number of benzene rings is 1. The molecule has 0 saturated heterocycles. The summed E-state index contributed by atoms with van der Waals surface area (Å²) in [6.07, 6.45) is 1.13. The second-order valence-corrected chi connectivity index (χ2v) is 8.14. The summed E-state index contributed by atoms with van der Waals surface area (Å²) in [4.78, 5) is 21.1. The van der Waals surface area contributed by atoms with E-state index in [-0.39, 0.29) is 17.8 Å². The fourth-order valence-corrected chi connectivity index (χ4v) is 3.69. The van der Waals surface area contributed by atoms with Gasteiger partial charge in [-0.05, 0) is 61.7 Å². The predicted octanol–water partition coefficient (Wildman–Crippen LogP) is 3.73. The van der Waals surface area contributed by atoms with Crippen molar-refractivity contribution in [1.82, 2.24) is 15.2 Å². The highest BCUT2D eigenvalue weighted by molar-refractivity contribution is 6.10. The van der Waals surface area contributed by atoms with E-state index in [1.54, 1.807) is 23.1 Å². The van der Waals surface area contributed by atoms with E-state index in [1.807, 2.05) is 27.0 Å². The van der Waals surface area contributed by atoms with E-state index < -0.39 is 0 Å². The van der Waals surface area contributed by atoms with Crippen LogP contribution in [0.2, 0.25) is 0 Å². The Morgan fingerprint density at radius 1 is 1.30 bits per heavy atom. The minimum Gasteiger partial charge on any atom is -0.316 e. The van der Waals surface area contributed by atoms with Gasteiger partial charge in [0, 0.05) is 18.2 Å². The summed E-state index contributed by atoms with van der Waals surface area (Å²) in [5.41, 5.74) is 4.48. The zero-order valence-electron chi connectivity index (χ0n) is 18.3. The molecular weight excluding hydrogens is 376 g/mol. The number of carbonyl (C=O) groups excluding carboxylic acids is 1. The van der Waals surface area contributed by atoms with Crippen molar-refractivity contribution in [3.05, 3.63) is 58.3 Å². The van der Waals surface area contributed by atoms with Crippen LogP contribution in [-0.2, 0) is 13.1 Å². The molecule has 7 nitrogen and oxygen atoms in total. The Bertz CT molecular complexity index is 982. The zero-order chi connectivity index (χ0) is 22.0. The van der Waals surface area contributed by atoms with Gasteiger partial charge in [-0.2, -0.15) is 0 Å². The minimum atomic E-state index is -0.0613. The lowest BCUT2D eigenvalue weighted by molar-refractivity contribution is 0.0996. The monoisotopic (exact) mass is 406 g/mol. The molecule has 158 valence electrons. The molecule has 1 aliphatic heterocycles. The Morgan fingerprint density at radius 2 is 2.03 bits per heavy atom. The predicted molar refractivity (Wildman–Crippen MR) is 121 cm³/mol. The normalized spacial score (nSPS) is 13.2. The molecule has 1 aromatic carbocycles. The molecule has 1 aromatic heterocycles. The van der Waals surface area contributed by atoms with Crippen LogP contribution >= 0.6 is 0 Å². The molecule has 3 rings (SSSR count). The molecule has 1 amide bonds. The zero-order valence-corrected chi connectivity index (χ0v) is 18.3. The van der Waals surface area contributed by atoms with Crippen LogP contribution in [0.15, 0.2) is 30.3 Å². The molecule has 30 heavy (non-hydrogen) atoms. The van der Waals surface area contributed by atoms with Gasteiger partial charge < -0.3 is 10.2 Å². The Hall–Kier alpha value is -3.06. The number of hydrogen-bond donors (Lipinski definition) is 3. The van der Waals surface area contributed by atoms with E-state index in [2.05, 4.69) is 30.2 Å². The number of fused-ring (bicyclic) bond motifs is 1. The van der Waals surface area contributed by atoms with Crippen molar-refractivity contribution in [2.75, 3.05) is 11.9 Å². The number of amidine groups is 1. The second-order valence-electron chi connectivity index (χ2n) is 8.14. The molecule has 3 N–H and O–H groups in total. The van der Waals surface area contributed by atoms with Crippen molar-refractivity contribution in [2.45, 2.75) is 52.7 Å². The maximum absolute atomic E-state index is 13.3. The lowest BCUT2D eigenvalue weighted by Crippen LogP contribution is -2.36. The SMILES string of the molecule is CNCc1cc(C(C)C)cc2c1CN(c1cccc(C(=N)N(C=N)C(C)C)n1)C2=O. The average Bonchev–Trinajstić information content (AvgIpc) is 3.05. The average molecular weight is 407 g/mol. The molecule has 0 unspecified atom stereocenters. The van der Waals surface area contributed by atoms with Crippen LogP contribution < -0.4 is 10.2 Å². The Labute approximate surface area is 178 Å². The second kappa shape index (κ2) is 8.75. The molecule has 0 bridgehead atoms. The minimum absolute atomic E-state index is 0.0308. The highest BCUT2D eigenvalue weighted by atomic mass is 16.2. The first-order valence-electron chi connectivity index (χ1n) is 10.3. The van der Waals surface area contributed by atoms with Crippen LogP contribution in [0, 0.1) is 10.8 Å². The number of hydrogen-bond acceptors (Lipinski definition) is 5. The van der Waals surface area contributed by atoms with Crippen molar-refractivity contribution in [3.63, 3.8) is 0 Å². The van der Waals surface area contributed by atoms with E-state index in [1.165, 1.54) is 4.90 Å². The van der Waals surface area contributed by atoms with E-state index in [0.717, 1.165) is 28.6 Å². The third-order valence-corrected chi connectivity index (χ3v) is 5.40. The number of nitrogens with zero attached hydrogens (tertiary/aromatic N) is 3. The molecule has 0 spiro atoms. The first kappa shape index (κ1) is 21.6. The molecule has 0 saturated carbocycles. The standard InChI is InChI=1S/C23H30N6O/c1-14(2)16-9-17(11-26-5)19-12-28(23(30)18(19)10-16)21-8-6-7-20(27-21)22(25)29(13-24)15(3)4/h6-10,13-15,24-26H,11-12H2,1-5H3. The quantitative estimate of drug-likeness (QED) is 0.482. The van der Waals surface area contributed by atoms with Gasteiger partial charge in [-0.15, -0.1) is 0 Å². The van der Waals surface area contributed by atoms with Crippen molar-refractivity contribution in [3.8, 4) is 0 Å². The van der Waals surface area contributed by atoms with Gasteiger partial charge in [0.25, 0.3) is 5.91 Å². The summed E-state index contributed by atoms with van der Waals surface area (Å²) in [7, 11) is 1.91. The van der Waals surface area contributed by atoms with E-state index in [0.29, 0.717) is 30.5 Å². The van der Waals surface area contributed by atoms with Gasteiger partial charge in [0.15, 0.2) is 5.84 Å². The van der Waals surface area contributed by atoms with Gasteiger partial charge in [-0.1, -0.05) is 26.0 Å². The summed E-state index contributed by atoms with van der Waals surface area (Å²) in [5.74, 6) is 0.934. The third kappa shape index (κ3) is 3.98. The molecule has 2 aromatic rings. The van der Waals surface area contributed by atoms with Crippen LogP contribution in [0.3, 0.4) is 0 Å². The highest BCUT2D eigenvalue weighted by Gasteiger charge is 2.32. The molecule has 0 atom stereocenters. The third-order valence-electron chi connectivity index (χ3n) is 5.40. The van der Waals surface area contributed by atoms with Gasteiger partial charge in [0.05, 0.1) is 12.9 Å². The molecule has 7 heteroatoms. The molecular formula is C23H30N6O. The van der Waals surface area contributed by atoms with Gasteiger partial charge in [-0.25, -0.2) is 4.98 Å². The largest absolute Gasteiger partial charge is 0.316 e. The van der Waals surface area contributed by atoms with Crippen LogP contribution in [0.1, 0.15) is 66.4 Å². The highest BCUT2D eigenvalue weighted by Crippen LogP contribution is 2.32. The van der Waals surface area contributed by atoms with E-state index in [9.17, 15) is 4.79 Å². The fourth-order valence-electron chi connectivity index (χ4n) is 3.69. The van der Waals surface area contributed by atoms with E-state index in [4.69, 9.17) is 10.8 Å². The van der Waals surface area contributed by atoms with Crippen LogP contribution in [0.4, 0.5) is 5.82 Å². The molecule has 1 aliphatic rings. The summed E-state index contributed by atoms with van der Waals surface area (Å²) < 4.78 is 0. The number of aromatic nitrogens is 1. The van der Waals surface area contributed by atoms with Gasteiger partial charge in [0.1, 0.15) is 11.5 Å². The van der Waals surface area contributed by atoms with Crippen LogP contribution in [-0.4, -0.2) is 41.1 Å². The summed E-state index contributed by atoms with van der Waals surface area (Å²) in [6, 6.07) is 9.49. The molecule has 0 fully saturated rings. The number of rotatable bonds is 7. The van der Waals surface area contributed by atoms with Crippen LogP contribution in [0.5, 0.6) is 0 Å². The molecule has 2 heterocycles. The smallest absolute Gasteiger partial charge is 0.260 e. The number of nitrogens with one attached hydrogen (secondary N) is 3. The first-order valence-corrected chi connectivity index (χ1v) is 10.3. The van der Waals surface area contributed by atoms with Crippen molar-refractivity contribution in [2.24, 2.45) is 0 Å². The Morgan fingerprint density at radius 3 is 2.63 bits per heavy atom. The van der Waals surface area contributed by atoms with Crippen molar-refractivity contribution < 1.29 is 4.79 Å². The lowest BCUT2D eigenvalue weighted by atomic mass is 9.94. The number of amides is 1. The molecule has 0 aliphatic carbocycles. The maximum Gasteiger partial charge on any atom is 0.260 e. The van der Waals surface area contributed by atoms with Crippen molar-refractivity contribution >= 4 is 23.9 Å². The number of carbonyl (C=O) groups is 1. The van der Waals surface area contributed by atoms with E-state index >= 15 is 0 Å². The summed E-state index contributed by atoms with van der Waals surface area (Å²) in [6.45, 7) is 9.25. The lowest BCUT2D eigenvalue weighted by Gasteiger charge is -2.24. The topological polar surface area (TPSA) is 96.2 Å². The van der Waals surface area contributed by atoms with Crippen LogP contribution in [0.25, 0.3) is 0 Å². The Balaban J connectivity index is 1.98. The Kier molecular flexibility index (Phi) is 6.31. The first-order chi connectivity index (χ1) is 14.3. The van der Waals surface area contributed by atoms with Crippen molar-refractivity contribution in [1.29, 1.82) is 10.8 Å². The maximum atomic E-state index is 13.3. The summed E-state index contributed by atoms with van der Waals surface area (Å²) in [5, 5.41) is 19.2.